The second kappa shape index (κ2) is 6.45. The van der Waals surface area contributed by atoms with E-state index >= 15 is 0 Å². The third kappa shape index (κ3) is 2.99. The summed E-state index contributed by atoms with van der Waals surface area (Å²) in [6.07, 6.45) is 1.48. The molecule has 0 unspecified atom stereocenters. The van der Waals surface area contributed by atoms with Gasteiger partial charge in [-0.1, -0.05) is 0 Å². The molecule has 1 amide bonds. The third-order valence-corrected chi connectivity index (χ3v) is 4.69. The Bertz CT molecular complexity index is 751. The second-order valence-corrected chi connectivity index (χ2v) is 6.63. The van der Waals surface area contributed by atoms with E-state index < -0.39 is 0 Å². The fourth-order valence-electron chi connectivity index (χ4n) is 3.28. The number of aryl methyl sites for hydroxylation is 2. The summed E-state index contributed by atoms with van der Waals surface area (Å²) in [6, 6.07) is 1.89. The van der Waals surface area contributed by atoms with Crippen LogP contribution >= 0.6 is 0 Å². The van der Waals surface area contributed by atoms with Gasteiger partial charge in [-0.2, -0.15) is 0 Å². The molecule has 8 nitrogen and oxygen atoms in total. The van der Waals surface area contributed by atoms with E-state index in [1.807, 2.05) is 19.9 Å². The number of aliphatic hydroxyl groups is 1. The van der Waals surface area contributed by atoms with Gasteiger partial charge < -0.3 is 14.7 Å². The Labute approximate surface area is 140 Å². The molecule has 8 heteroatoms. The van der Waals surface area contributed by atoms with E-state index in [1.54, 1.807) is 16.3 Å². The fraction of sp³-hybridized carbons (Fsp3) is 0.625. The van der Waals surface area contributed by atoms with Crippen LogP contribution in [0.4, 0.5) is 0 Å². The largest absolute Gasteiger partial charge is 0.396 e. The Morgan fingerprint density at radius 3 is 2.75 bits per heavy atom. The summed E-state index contributed by atoms with van der Waals surface area (Å²) in [5.41, 5.74) is 1.39. The number of nitrogens with zero attached hydrogens (tertiary/aromatic N) is 5. The van der Waals surface area contributed by atoms with Gasteiger partial charge in [0.05, 0.1) is 6.61 Å². The Hall–Kier alpha value is -2.06. The number of carbonyl (C=O) groups is 1. The predicted octanol–water partition coefficient (Wildman–Crippen LogP) is 0.602. The highest BCUT2D eigenvalue weighted by Gasteiger charge is 2.35. The number of hydrogen-bond donors (Lipinski definition) is 1. The van der Waals surface area contributed by atoms with Gasteiger partial charge in [0.25, 0.3) is 11.7 Å². The van der Waals surface area contributed by atoms with E-state index in [4.69, 9.17) is 4.74 Å². The number of ether oxygens (including phenoxy) is 1. The molecule has 0 aromatic carbocycles. The van der Waals surface area contributed by atoms with Crippen molar-refractivity contribution in [1.82, 2.24) is 24.5 Å². The van der Waals surface area contributed by atoms with Gasteiger partial charge in [0.15, 0.2) is 0 Å². The molecule has 2 aromatic rings. The maximum absolute atomic E-state index is 12.9. The van der Waals surface area contributed by atoms with Crippen molar-refractivity contribution in [2.45, 2.75) is 26.7 Å². The van der Waals surface area contributed by atoms with Gasteiger partial charge in [-0.15, -0.1) is 10.2 Å². The lowest BCUT2D eigenvalue weighted by Crippen LogP contribution is -2.45. The van der Waals surface area contributed by atoms with Gasteiger partial charge in [-0.05, 0) is 32.8 Å². The molecule has 24 heavy (non-hydrogen) atoms. The first-order valence-electron chi connectivity index (χ1n) is 8.09. The van der Waals surface area contributed by atoms with Crippen molar-refractivity contribution in [2.24, 2.45) is 5.41 Å². The first-order chi connectivity index (χ1) is 11.5. The molecule has 0 bridgehead atoms. The predicted molar refractivity (Wildman–Crippen MR) is 86.8 cm³/mol. The van der Waals surface area contributed by atoms with Crippen molar-refractivity contribution < 1.29 is 14.6 Å². The zero-order chi connectivity index (χ0) is 17.3. The van der Waals surface area contributed by atoms with Crippen LogP contribution in [0.1, 0.15) is 34.8 Å². The van der Waals surface area contributed by atoms with Crippen molar-refractivity contribution in [2.75, 3.05) is 33.4 Å². The molecule has 0 radical (unpaired) electrons. The SMILES string of the molecule is Cc1cc(C)n2c(C(=O)N(C)CC3(CO)CCOCC3)nnc2n1. The van der Waals surface area contributed by atoms with Crippen LogP contribution < -0.4 is 0 Å². The molecule has 2 aromatic heterocycles. The molecule has 3 heterocycles. The lowest BCUT2D eigenvalue weighted by molar-refractivity contribution is -0.0284. The lowest BCUT2D eigenvalue weighted by atomic mass is 9.80. The summed E-state index contributed by atoms with van der Waals surface area (Å²) in [5, 5.41) is 17.9. The summed E-state index contributed by atoms with van der Waals surface area (Å²) in [5.74, 6) is 0.445. The number of carbonyl (C=O) groups excluding carboxylic acids is 1. The number of aliphatic hydroxyl groups excluding tert-OH is 1. The van der Waals surface area contributed by atoms with E-state index in [2.05, 4.69) is 15.2 Å². The average molecular weight is 333 g/mol. The molecule has 0 spiro atoms. The van der Waals surface area contributed by atoms with Crippen LogP contribution in [0.15, 0.2) is 6.07 Å². The van der Waals surface area contributed by atoms with E-state index in [0.29, 0.717) is 25.5 Å². The molecule has 130 valence electrons. The van der Waals surface area contributed by atoms with Crippen LogP contribution in [0.2, 0.25) is 0 Å². The quantitative estimate of drug-likeness (QED) is 0.881. The van der Waals surface area contributed by atoms with Crippen molar-refractivity contribution in [3.8, 4) is 0 Å². The summed E-state index contributed by atoms with van der Waals surface area (Å²) < 4.78 is 7.04. The minimum Gasteiger partial charge on any atom is -0.396 e. The molecule has 1 aliphatic heterocycles. The van der Waals surface area contributed by atoms with E-state index in [9.17, 15) is 9.90 Å². The van der Waals surface area contributed by atoms with Crippen LogP contribution in [0.25, 0.3) is 5.78 Å². The normalized spacial score (nSPS) is 17.2. The van der Waals surface area contributed by atoms with Gasteiger partial charge in [0, 0.05) is 43.6 Å². The minimum atomic E-state index is -0.312. The molecular weight excluding hydrogens is 310 g/mol. The molecule has 1 N–H and O–H groups in total. The highest BCUT2D eigenvalue weighted by Crippen LogP contribution is 2.31. The van der Waals surface area contributed by atoms with Gasteiger partial charge in [0.2, 0.25) is 5.82 Å². The molecular formula is C16H23N5O3. The molecule has 3 rings (SSSR count). The monoisotopic (exact) mass is 333 g/mol. The maximum atomic E-state index is 12.9. The van der Waals surface area contributed by atoms with Crippen LogP contribution in [-0.4, -0.2) is 68.9 Å². The molecule has 1 aliphatic rings. The van der Waals surface area contributed by atoms with Gasteiger partial charge in [-0.3, -0.25) is 9.20 Å². The van der Waals surface area contributed by atoms with Crippen LogP contribution in [0.5, 0.6) is 0 Å². The first-order valence-corrected chi connectivity index (χ1v) is 8.09. The first kappa shape index (κ1) is 16.8. The Kier molecular flexibility index (Phi) is 4.51. The molecule has 1 saturated heterocycles. The maximum Gasteiger partial charge on any atom is 0.291 e. The van der Waals surface area contributed by atoms with Crippen molar-refractivity contribution in [3.63, 3.8) is 0 Å². The van der Waals surface area contributed by atoms with Gasteiger partial charge >= 0.3 is 0 Å². The summed E-state index contributed by atoms with van der Waals surface area (Å²) in [7, 11) is 1.73. The Balaban J connectivity index is 1.86. The van der Waals surface area contributed by atoms with Crippen molar-refractivity contribution >= 4 is 11.7 Å². The van der Waals surface area contributed by atoms with Gasteiger partial charge in [0.1, 0.15) is 0 Å². The van der Waals surface area contributed by atoms with E-state index in [-0.39, 0.29) is 23.8 Å². The third-order valence-electron chi connectivity index (χ3n) is 4.69. The van der Waals surface area contributed by atoms with Crippen molar-refractivity contribution in [3.05, 3.63) is 23.3 Å². The smallest absolute Gasteiger partial charge is 0.291 e. The van der Waals surface area contributed by atoms with E-state index in [0.717, 1.165) is 24.2 Å². The number of fused-ring (bicyclic) bond motifs is 1. The molecule has 0 saturated carbocycles. The highest BCUT2D eigenvalue weighted by molar-refractivity contribution is 5.91. The van der Waals surface area contributed by atoms with Crippen LogP contribution in [0.3, 0.4) is 0 Å². The van der Waals surface area contributed by atoms with E-state index in [1.165, 1.54) is 0 Å². The Morgan fingerprint density at radius 1 is 1.38 bits per heavy atom. The molecule has 1 fully saturated rings. The number of hydrogen-bond acceptors (Lipinski definition) is 6. The molecule has 0 aliphatic carbocycles. The van der Waals surface area contributed by atoms with Crippen molar-refractivity contribution in [1.29, 1.82) is 0 Å². The number of aromatic nitrogens is 4. The van der Waals surface area contributed by atoms with Crippen LogP contribution in [0, 0.1) is 19.3 Å². The summed E-state index contributed by atoms with van der Waals surface area (Å²) in [4.78, 5) is 18.8. The standard InChI is InChI=1S/C16H23N5O3/c1-11-8-12(2)21-13(18-19-15(21)17-11)14(23)20(3)9-16(10-22)4-6-24-7-5-16/h8,22H,4-7,9-10H2,1-3H3. The number of amides is 1. The fourth-order valence-corrected chi connectivity index (χ4v) is 3.28. The average Bonchev–Trinajstić information content (AvgIpc) is 2.99. The second-order valence-electron chi connectivity index (χ2n) is 6.63. The molecule has 0 atom stereocenters. The topological polar surface area (TPSA) is 92.9 Å². The lowest BCUT2D eigenvalue weighted by Gasteiger charge is -2.38. The summed E-state index contributed by atoms with van der Waals surface area (Å²) >= 11 is 0. The Morgan fingerprint density at radius 2 is 2.08 bits per heavy atom. The summed E-state index contributed by atoms with van der Waals surface area (Å²) in [6.45, 7) is 5.49. The van der Waals surface area contributed by atoms with Gasteiger partial charge in [-0.25, -0.2) is 4.98 Å². The van der Waals surface area contributed by atoms with Crippen LogP contribution in [-0.2, 0) is 4.74 Å². The highest BCUT2D eigenvalue weighted by atomic mass is 16.5. The number of rotatable bonds is 4. The zero-order valence-electron chi connectivity index (χ0n) is 14.3. The minimum absolute atomic E-state index is 0.0361. The zero-order valence-corrected chi connectivity index (χ0v) is 14.3.